The van der Waals surface area contributed by atoms with Crippen LogP contribution in [-0.2, 0) is 4.79 Å². The summed E-state index contributed by atoms with van der Waals surface area (Å²) in [6.07, 6.45) is 1.82. The van der Waals surface area contributed by atoms with Gasteiger partial charge in [0.1, 0.15) is 5.82 Å². The lowest BCUT2D eigenvalue weighted by Crippen LogP contribution is -3.14. The molecule has 1 aliphatic heterocycles. The molecule has 1 aromatic carbocycles. The summed E-state index contributed by atoms with van der Waals surface area (Å²) < 4.78 is 12.8. The Labute approximate surface area is 120 Å². The van der Waals surface area contributed by atoms with Gasteiger partial charge in [-0.2, -0.15) is 0 Å². The van der Waals surface area contributed by atoms with Gasteiger partial charge < -0.3 is 10.2 Å². The van der Waals surface area contributed by atoms with Crippen molar-refractivity contribution in [2.24, 2.45) is 11.8 Å². The maximum atomic E-state index is 12.8. The largest absolute Gasteiger partial charge is 0.334 e. The molecule has 1 fully saturated rings. The summed E-state index contributed by atoms with van der Waals surface area (Å²) in [7, 11) is 0. The molecule has 3 nitrogen and oxygen atoms in total. The Hall–Kier alpha value is -1.42. The van der Waals surface area contributed by atoms with Crippen molar-refractivity contribution >= 4 is 11.6 Å². The number of hydrogen-bond donors (Lipinski definition) is 2. The summed E-state index contributed by atoms with van der Waals surface area (Å²) in [5.41, 5.74) is 0.659. The van der Waals surface area contributed by atoms with Crippen LogP contribution in [0.1, 0.15) is 26.7 Å². The van der Waals surface area contributed by atoms with Crippen LogP contribution in [-0.4, -0.2) is 25.5 Å². The van der Waals surface area contributed by atoms with Gasteiger partial charge in [0.2, 0.25) is 5.91 Å². The first-order valence-corrected chi connectivity index (χ1v) is 7.42. The number of piperidine rings is 1. The second-order valence-electron chi connectivity index (χ2n) is 6.16. The van der Waals surface area contributed by atoms with E-state index >= 15 is 0 Å². The lowest BCUT2D eigenvalue weighted by Gasteiger charge is -2.31. The number of nitrogens with one attached hydrogen (secondary N) is 2. The highest BCUT2D eigenvalue weighted by atomic mass is 19.1. The molecule has 0 aromatic heterocycles. The maximum absolute atomic E-state index is 12.8. The van der Waals surface area contributed by atoms with Crippen LogP contribution < -0.4 is 10.2 Å². The predicted molar refractivity (Wildman–Crippen MR) is 78.2 cm³/mol. The normalized spacial score (nSPS) is 26.2. The maximum Gasteiger partial charge on any atom is 0.230 e. The van der Waals surface area contributed by atoms with Crippen molar-refractivity contribution in [3.63, 3.8) is 0 Å². The van der Waals surface area contributed by atoms with Crippen molar-refractivity contribution in [1.29, 1.82) is 0 Å². The minimum Gasteiger partial charge on any atom is -0.334 e. The van der Waals surface area contributed by atoms with Gasteiger partial charge in [-0.15, -0.1) is 0 Å². The number of carbonyl (C=O) groups excluding carboxylic acids is 1. The Morgan fingerprint density at radius 2 is 1.85 bits per heavy atom. The average molecular weight is 279 g/mol. The zero-order valence-corrected chi connectivity index (χ0v) is 12.3. The highest BCUT2D eigenvalue weighted by Crippen LogP contribution is 2.12. The van der Waals surface area contributed by atoms with E-state index in [0.29, 0.717) is 12.1 Å². The Morgan fingerprint density at radius 1 is 1.25 bits per heavy atom. The quantitative estimate of drug-likeness (QED) is 0.864. The van der Waals surface area contributed by atoms with E-state index in [1.807, 2.05) is 0 Å². The molecule has 0 spiro atoms. The second kappa shape index (κ2) is 6.84. The van der Waals surface area contributed by atoms with E-state index in [-0.39, 0.29) is 11.7 Å². The third kappa shape index (κ3) is 4.60. The van der Waals surface area contributed by atoms with Crippen molar-refractivity contribution < 1.29 is 14.1 Å². The predicted octanol–water partition coefficient (Wildman–Crippen LogP) is 1.72. The monoisotopic (exact) mass is 279 g/mol. The number of benzene rings is 1. The molecule has 110 valence electrons. The molecule has 1 amide bonds. The van der Waals surface area contributed by atoms with Crippen molar-refractivity contribution in [3.05, 3.63) is 30.1 Å². The first kappa shape index (κ1) is 15.0. The summed E-state index contributed by atoms with van der Waals surface area (Å²) >= 11 is 0. The Bertz CT molecular complexity index is 436. The summed E-state index contributed by atoms with van der Waals surface area (Å²) in [6, 6.07) is 5.89. The van der Waals surface area contributed by atoms with Gasteiger partial charge in [0.15, 0.2) is 0 Å². The minimum atomic E-state index is -0.288. The fourth-order valence-corrected chi connectivity index (χ4v) is 3.17. The highest BCUT2D eigenvalue weighted by Gasteiger charge is 2.25. The zero-order chi connectivity index (χ0) is 14.5. The van der Waals surface area contributed by atoms with Crippen LogP contribution in [0.4, 0.5) is 10.1 Å². The number of likely N-dealkylation sites (tertiary alicyclic amines) is 1. The van der Waals surface area contributed by atoms with E-state index in [0.717, 1.165) is 31.5 Å². The third-order valence-electron chi connectivity index (χ3n) is 3.91. The summed E-state index contributed by atoms with van der Waals surface area (Å²) in [4.78, 5) is 13.4. The molecule has 0 aliphatic carbocycles. The topological polar surface area (TPSA) is 33.5 Å². The van der Waals surface area contributed by atoms with Crippen LogP contribution in [0.3, 0.4) is 0 Å². The van der Waals surface area contributed by atoms with Crippen molar-refractivity contribution in [2.75, 3.05) is 25.0 Å². The number of amides is 1. The zero-order valence-electron chi connectivity index (χ0n) is 12.3. The number of quaternary nitrogens is 1. The summed E-state index contributed by atoms with van der Waals surface area (Å²) in [5, 5.41) is 2.81. The molecule has 1 aromatic rings. The first-order chi connectivity index (χ1) is 9.52. The van der Waals surface area contributed by atoms with E-state index in [2.05, 4.69) is 19.2 Å². The van der Waals surface area contributed by atoms with Crippen LogP contribution in [0, 0.1) is 17.7 Å². The smallest absolute Gasteiger partial charge is 0.230 e. The van der Waals surface area contributed by atoms with Gasteiger partial charge >= 0.3 is 0 Å². The number of hydrogen-bond acceptors (Lipinski definition) is 1. The fourth-order valence-electron chi connectivity index (χ4n) is 3.17. The molecule has 2 atom stereocenters. The third-order valence-corrected chi connectivity index (χ3v) is 3.91. The Kier molecular flexibility index (Phi) is 5.12. The first-order valence-electron chi connectivity index (χ1n) is 7.42. The molecule has 0 saturated carbocycles. The van der Waals surface area contributed by atoms with Crippen LogP contribution in [0.5, 0.6) is 0 Å². The van der Waals surface area contributed by atoms with Crippen molar-refractivity contribution in [2.45, 2.75) is 26.7 Å². The average Bonchev–Trinajstić information content (AvgIpc) is 2.38. The van der Waals surface area contributed by atoms with Gasteiger partial charge in [0.05, 0.1) is 26.1 Å². The van der Waals surface area contributed by atoms with Crippen LogP contribution in [0.25, 0.3) is 0 Å². The number of anilines is 1. The van der Waals surface area contributed by atoms with Gasteiger partial charge in [-0.05, 0) is 30.7 Å². The lowest BCUT2D eigenvalue weighted by atomic mass is 9.92. The molecule has 2 rings (SSSR count). The summed E-state index contributed by atoms with van der Waals surface area (Å²) in [6.45, 7) is 7.77. The molecular formula is C16H24FN2O+. The molecular weight excluding hydrogens is 255 g/mol. The van der Waals surface area contributed by atoms with E-state index in [9.17, 15) is 9.18 Å². The molecule has 1 heterocycles. The van der Waals surface area contributed by atoms with Crippen LogP contribution in [0.15, 0.2) is 24.3 Å². The SMILES string of the molecule is CC1CC(C)C[NH+](CCC(=O)Nc2ccc(F)cc2)C1. The minimum absolute atomic E-state index is 0.00925. The Balaban J connectivity index is 1.76. The molecule has 2 N–H and O–H groups in total. The summed E-state index contributed by atoms with van der Waals surface area (Å²) in [5.74, 6) is 1.21. The number of rotatable bonds is 4. The van der Waals surface area contributed by atoms with Crippen LogP contribution >= 0.6 is 0 Å². The van der Waals surface area contributed by atoms with E-state index in [1.165, 1.54) is 23.5 Å². The lowest BCUT2D eigenvalue weighted by molar-refractivity contribution is -0.911. The van der Waals surface area contributed by atoms with Gasteiger partial charge in [-0.3, -0.25) is 4.79 Å². The number of carbonyl (C=O) groups is 1. The Morgan fingerprint density at radius 3 is 2.45 bits per heavy atom. The van der Waals surface area contributed by atoms with Gasteiger partial charge in [0, 0.05) is 17.5 Å². The standard InChI is InChI=1S/C16H23FN2O/c1-12-9-13(2)11-19(10-12)8-7-16(20)18-15-5-3-14(17)4-6-15/h3-6,12-13H,7-11H2,1-2H3,(H,18,20)/p+1. The highest BCUT2D eigenvalue weighted by molar-refractivity contribution is 5.90. The molecule has 4 heteroatoms. The van der Waals surface area contributed by atoms with Gasteiger partial charge in [0.25, 0.3) is 0 Å². The molecule has 1 aliphatic rings. The molecule has 2 unspecified atom stereocenters. The fraction of sp³-hybridized carbons (Fsp3) is 0.562. The van der Waals surface area contributed by atoms with Crippen molar-refractivity contribution in [1.82, 2.24) is 0 Å². The second-order valence-corrected chi connectivity index (χ2v) is 6.16. The molecule has 0 bridgehead atoms. The van der Waals surface area contributed by atoms with E-state index in [4.69, 9.17) is 0 Å². The van der Waals surface area contributed by atoms with Gasteiger partial charge in [-0.1, -0.05) is 13.8 Å². The van der Waals surface area contributed by atoms with E-state index < -0.39 is 0 Å². The van der Waals surface area contributed by atoms with Crippen LogP contribution in [0.2, 0.25) is 0 Å². The molecule has 0 radical (unpaired) electrons. The van der Waals surface area contributed by atoms with Gasteiger partial charge in [-0.25, -0.2) is 4.39 Å². The molecule has 20 heavy (non-hydrogen) atoms. The van der Waals surface area contributed by atoms with E-state index in [1.54, 1.807) is 12.1 Å². The number of halogens is 1. The molecule has 1 saturated heterocycles. The van der Waals surface area contributed by atoms with Crippen molar-refractivity contribution in [3.8, 4) is 0 Å².